The van der Waals surface area contributed by atoms with E-state index < -0.39 is 5.92 Å². The van der Waals surface area contributed by atoms with E-state index in [1.165, 1.54) is 36.4 Å². The molecule has 2 saturated heterocycles. The van der Waals surface area contributed by atoms with Gasteiger partial charge in [0.25, 0.3) is 29.6 Å². The Morgan fingerprint density at radius 2 is 0.787 bits per heavy atom. The highest BCUT2D eigenvalue weighted by Gasteiger charge is 2.38. The number of benzene rings is 8. The third kappa shape index (κ3) is 19.5. The zero-order chi connectivity index (χ0) is 84.4. The molecule has 16 aromatic rings. The molecular weight excluding hydrogens is 1560 g/mol. The minimum atomic E-state index is -2.63. The fraction of sp³-hybridized carbons (Fsp3) is 0.154. The third-order valence-electron chi connectivity index (χ3n) is 20.8. The SMILES string of the molecule is Nc1cncc(-c2ccc3[nH]nc(C(=O)Nc4ccc(O)cc4)c3c2)c1.O=C(Nc1ccc(O)cc1)c1n[nH]c2ccc(-c3cccnc3)cc12.O=C(Nc1ccc(O)cc1)c1n[nH]c2ccc(-c3cncc(CN4CCC(F)(F)C4)c3)cc12.O=C(Nc1ccccc1NC(=O)C1CC1)c1n[nH]c2ccc(-c3cncc(CN4CCC(O)CC4)c3)cc12. The number of carbonyl (C=O) groups excluding carboxylic acids is 5. The quantitative estimate of drug-likeness (QED) is 0.0355. The Morgan fingerprint density at radius 1 is 0.402 bits per heavy atom. The molecule has 2 aliphatic heterocycles. The van der Waals surface area contributed by atoms with E-state index in [1.807, 2.05) is 122 Å². The number of nitrogen functional groups attached to an aromatic ring is 1. The van der Waals surface area contributed by atoms with Crippen molar-refractivity contribution < 1.29 is 53.2 Å². The summed E-state index contributed by atoms with van der Waals surface area (Å²) in [6.07, 6.45) is 17.0. The number of halogens is 2. The monoisotopic (exact) mass is 1630 g/mol. The topological polar surface area (TPSA) is 425 Å². The Bertz CT molecular complexity index is 6510. The number of pyridine rings is 4. The van der Waals surface area contributed by atoms with Crippen molar-refractivity contribution in [2.75, 3.05) is 58.5 Å². The number of phenolic OH excluding ortho intramolecular Hbond substituents is 3. The maximum Gasteiger partial charge on any atom is 0.276 e. The van der Waals surface area contributed by atoms with Gasteiger partial charge in [-0.25, -0.2) is 8.78 Å². The zero-order valence-electron chi connectivity index (χ0n) is 65.2. The number of H-pyrrole nitrogens is 4. The van der Waals surface area contributed by atoms with Gasteiger partial charge in [-0.05, 0) is 217 Å². The van der Waals surface area contributed by atoms with Crippen molar-refractivity contribution in [1.82, 2.24) is 70.5 Å². The van der Waals surface area contributed by atoms with Gasteiger partial charge in [-0.1, -0.05) is 42.5 Å². The maximum absolute atomic E-state index is 13.5. The van der Waals surface area contributed by atoms with Crippen LogP contribution in [0, 0.1) is 5.92 Å². The molecule has 8 aromatic heterocycles. The minimum absolute atomic E-state index is 0.0183. The van der Waals surface area contributed by atoms with Crippen molar-refractivity contribution in [2.24, 2.45) is 5.92 Å². The number of hydrogen-bond donors (Lipinski definition) is 14. The lowest BCUT2D eigenvalue weighted by Crippen LogP contribution is -2.35. The van der Waals surface area contributed by atoms with Crippen molar-refractivity contribution in [3.8, 4) is 61.8 Å². The number of aromatic hydroxyl groups is 3. The number of aliphatic hydroxyl groups is 1. The molecule has 122 heavy (non-hydrogen) atoms. The summed E-state index contributed by atoms with van der Waals surface area (Å²) in [4.78, 5) is 84.5. The van der Waals surface area contributed by atoms with Gasteiger partial charge in [-0.15, -0.1) is 0 Å². The van der Waals surface area contributed by atoms with Crippen LogP contribution >= 0.6 is 0 Å². The van der Waals surface area contributed by atoms with Crippen LogP contribution in [-0.2, 0) is 17.9 Å². The van der Waals surface area contributed by atoms with Crippen LogP contribution in [0.15, 0.2) is 250 Å². The van der Waals surface area contributed by atoms with E-state index in [4.69, 9.17) is 5.73 Å². The van der Waals surface area contributed by atoms with Crippen molar-refractivity contribution in [3.05, 3.63) is 284 Å². The number of nitrogens with two attached hydrogens (primary N) is 1. The maximum atomic E-state index is 13.5. The van der Waals surface area contributed by atoms with Crippen LogP contribution in [0.1, 0.15) is 85.2 Å². The smallest absolute Gasteiger partial charge is 0.276 e. The van der Waals surface area contributed by atoms with Crippen LogP contribution in [0.2, 0.25) is 0 Å². The van der Waals surface area contributed by atoms with Crippen LogP contribution in [0.3, 0.4) is 0 Å². The number of piperidine rings is 1. The van der Waals surface area contributed by atoms with Gasteiger partial charge in [0.1, 0.15) is 17.2 Å². The predicted molar refractivity (Wildman–Crippen MR) is 461 cm³/mol. The largest absolute Gasteiger partial charge is 0.508 e. The fourth-order valence-corrected chi connectivity index (χ4v) is 14.3. The van der Waals surface area contributed by atoms with Crippen LogP contribution in [-0.4, -0.2) is 159 Å². The number of rotatable bonds is 18. The first-order chi connectivity index (χ1) is 59.2. The second-order valence-electron chi connectivity index (χ2n) is 29.8. The summed E-state index contributed by atoms with van der Waals surface area (Å²) in [5, 5.41) is 83.0. The summed E-state index contributed by atoms with van der Waals surface area (Å²) >= 11 is 0. The number of para-hydroxylation sites is 2. The molecule has 0 unspecified atom stereocenters. The van der Waals surface area contributed by atoms with Crippen LogP contribution in [0.5, 0.6) is 17.2 Å². The Morgan fingerprint density at radius 3 is 1.18 bits per heavy atom. The van der Waals surface area contributed by atoms with E-state index in [0.29, 0.717) is 74.6 Å². The number of aliphatic hydroxyl groups excluding tert-OH is 1. The average Bonchev–Trinajstić information content (AvgIpc) is 1.67. The number of alkyl halides is 2. The number of aromatic nitrogens is 12. The number of phenols is 3. The summed E-state index contributed by atoms with van der Waals surface area (Å²) in [5.41, 5.74) is 22.5. The number of nitrogens with zero attached hydrogens (tertiary/aromatic N) is 10. The molecule has 3 aliphatic rings. The van der Waals surface area contributed by atoms with E-state index in [9.17, 15) is 53.2 Å². The van der Waals surface area contributed by atoms with Gasteiger partial charge in [-0.3, -0.25) is 74.1 Å². The molecule has 0 atom stereocenters. The van der Waals surface area contributed by atoms with E-state index in [-0.39, 0.29) is 88.9 Å². The molecule has 0 bridgehead atoms. The van der Waals surface area contributed by atoms with Gasteiger partial charge in [0, 0.05) is 155 Å². The van der Waals surface area contributed by atoms with Crippen LogP contribution in [0.4, 0.5) is 42.9 Å². The molecule has 1 aliphatic carbocycles. The van der Waals surface area contributed by atoms with Gasteiger partial charge >= 0.3 is 0 Å². The van der Waals surface area contributed by atoms with Gasteiger partial charge in [0.2, 0.25) is 5.91 Å². The number of carbonyl (C=O) groups is 5. The summed E-state index contributed by atoms with van der Waals surface area (Å²) in [7, 11) is 0. The van der Waals surface area contributed by atoms with Crippen molar-refractivity contribution in [3.63, 3.8) is 0 Å². The molecule has 612 valence electrons. The molecule has 19 rings (SSSR count). The summed E-state index contributed by atoms with van der Waals surface area (Å²) in [5.74, 6) is -3.61. The van der Waals surface area contributed by atoms with Gasteiger partial charge in [0.15, 0.2) is 22.8 Å². The van der Waals surface area contributed by atoms with Crippen LogP contribution < -0.4 is 32.3 Å². The average molecular weight is 1640 g/mol. The second-order valence-corrected chi connectivity index (χ2v) is 29.8. The minimum Gasteiger partial charge on any atom is -0.508 e. The van der Waals surface area contributed by atoms with E-state index >= 15 is 0 Å². The highest BCUT2D eigenvalue weighted by atomic mass is 19.3. The molecule has 3 fully saturated rings. The molecule has 1 saturated carbocycles. The molecule has 8 aromatic carbocycles. The molecule has 31 heteroatoms. The first-order valence-electron chi connectivity index (χ1n) is 39.2. The Hall–Kier alpha value is -15.5. The van der Waals surface area contributed by atoms with Gasteiger partial charge in [0.05, 0.1) is 51.8 Å². The lowest BCUT2D eigenvalue weighted by Gasteiger charge is -2.29. The van der Waals surface area contributed by atoms with Crippen molar-refractivity contribution in [1.29, 1.82) is 0 Å². The molecular formula is C91H80F2N20O9. The number of hydrogen-bond acceptors (Lipinski definition) is 20. The zero-order valence-corrected chi connectivity index (χ0v) is 65.2. The lowest BCUT2D eigenvalue weighted by molar-refractivity contribution is -0.117. The first kappa shape index (κ1) is 80.3. The standard InChI is InChI=1S/C29H30N6O3.C24H21F2N5O2.C19H15N5O2.C19H14N4O2/c36-22-9-11-35(12-10-22)17-18-13-21(16-30-15-18)20-7-8-24-23(14-20)27(34-33-24)29(38)32-26-4-2-1-3-25(26)31-28(37)19-5-6-19;25-24(26)7-8-31(14-24)13-15-9-17(12-27-11-15)16-1-6-21-20(10-16)22(30-29-21)23(33)28-18-2-4-19(32)5-3-18;20-13-7-12(9-21-10-13)11-1-6-17-16(8-11)18(24-23-17)19(26)22-14-2-4-15(25)5-3-14;24-15-6-4-14(5-7-15)21-19(25)18-16-10-12(3-8-17(16)22-23-18)13-2-1-9-20-11-13/h1-4,7-8,13-16,19,22,36H,5-6,9-12,17H2,(H,31,37)(H,32,38)(H,33,34);1-6,9-12,32H,7-8,13-14H2,(H,28,33)(H,29,30);1-10,25H,20H2,(H,22,26)(H,23,24);1-11,24H,(H,21,25)(H,22,23). The molecule has 5 amide bonds. The molecule has 0 radical (unpaired) electrons. The summed E-state index contributed by atoms with van der Waals surface area (Å²) < 4.78 is 27.0. The fourth-order valence-electron chi connectivity index (χ4n) is 14.3. The Balaban J connectivity index is 0.000000122. The van der Waals surface area contributed by atoms with E-state index in [2.05, 4.69) is 98.3 Å². The Labute approximate surface area is 694 Å². The van der Waals surface area contributed by atoms with E-state index in [0.717, 1.165) is 123 Å². The lowest BCUT2D eigenvalue weighted by atomic mass is 10.0. The van der Waals surface area contributed by atoms with Crippen LogP contribution in [0.25, 0.3) is 88.1 Å². The summed E-state index contributed by atoms with van der Waals surface area (Å²) in [6, 6.07) is 58.4. The van der Waals surface area contributed by atoms with Gasteiger partial charge in [-0.2, -0.15) is 20.4 Å². The van der Waals surface area contributed by atoms with Crippen molar-refractivity contribution >= 4 is 107 Å². The first-order valence-corrected chi connectivity index (χ1v) is 39.2. The summed E-state index contributed by atoms with van der Waals surface area (Å²) in [6.45, 7) is 3.06. The number of nitrogens with one attached hydrogen (secondary N) is 9. The number of likely N-dealkylation sites (tertiary alicyclic amines) is 2. The number of aromatic amines is 4. The Kier molecular flexibility index (Phi) is 23.6. The predicted octanol–water partition coefficient (Wildman–Crippen LogP) is 15.4. The highest BCUT2D eigenvalue weighted by molar-refractivity contribution is 6.15. The molecule has 15 N–H and O–H groups in total. The molecule has 0 spiro atoms. The van der Waals surface area contributed by atoms with E-state index in [1.54, 1.807) is 90.6 Å². The number of anilines is 6. The third-order valence-corrected chi connectivity index (χ3v) is 20.8. The number of fused-ring (bicyclic) bond motifs is 4. The second kappa shape index (κ2) is 35.8. The normalized spacial score (nSPS) is 13.9. The van der Waals surface area contributed by atoms with Crippen molar-refractivity contribution in [2.45, 2.75) is 57.2 Å². The molecule has 10 heterocycles. The highest BCUT2D eigenvalue weighted by Crippen LogP contribution is 2.36. The van der Waals surface area contributed by atoms with Gasteiger partial charge < -0.3 is 52.7 Å². The number of amides is 5. The molecule has 29 nitrogen and oxygen atoms in total.